The van der Waals surface area contributed by atoms with Gasteiger partial charge in [-0.2, -0.15) is 0 Å². The summed E-state index contributed by atoms with van der Waals surface area (Å²) in [6.07, 6.45) is -0.341. The summed E-state index contributed by atoms with van der Waals surface area (Å²) < 4.78 is 29.4. The summed E-state index contributed by atoms with van der Waals surface area (Å²) >= 11 is 1.32. The summed E-state index contributed by atoms with van der Waals surface area (Å²) in [5.41, 5.74) is 0. The third kappa shape index (κ3) is 2.53. The third-order valence-corrected chi connectivity index (χ3v) is 5.17. The van der Waals surface area contributed by atoms with E-state index in [1.807, 2.05) is 27.7 Å². The van der Waals surface area contributed by atoms with Crippen molar-refractivity contribution >= 4 is 11.3 Å². The SMILES string of the molecule is CC1(C)OC[C@H]([C@H]2O[C@@](O)(c3nccs3)[C@H]3OC(C)(C)O[C@@H]23)O1. The van der Waals surface area contributed by atoms with Crippen LogP contribution in [0.25, 0.3) is 0 Å². The molecule has 0 radical (unpaired) electrons. The Balaban J connectivity index is 1.67. The van der Waals surface area contributed by atoms with Crippen molar-refractivity contribution in [3.63, 3.8) is 0 Å². The Morgan fingerprint density at radius 1 is 1.09 bits per heavy atom. The highest BCUT2D eigenvalue weighted by molar-refractivity contribution is 7.09. The van der Waals surface area contributed by atoms with Gasteiger partial charge in [-0.25, -0.2) is 4.98 Å². The maximum Gasteiger partial charge on any atom is 0.250 e. The Hall–Kier alpha value is -0.610. The van der Waals surface area contributed by atoms with E-state index in [0.29, 0.717) is 11.6 Å². The summed E-state index contributed by atoms with van der Waals surface area (Å²) in [5, 5.41) is 13.4. The van der Waals surface area contributed by atoms with Crippen LogP contribution in [0.5, 0.6) is 0 Å². The fourth-order valence-electron chi connectivity index (χ4n) is 3.41. The van der Waals surface area contributed by atoms with Gasteiger partial charge in [-0.05, 0) is 27.7 Å². The fraction of sp³-hybridized carbons (Fsp3) is 0.800. The highest BCUT2D eigenvalue weighted by Gasteiger charge is 2.66. The van der Waals surface area contributed by atoms with Crippen LogP contribution in [0.2, 0.25) is 0 Å². The Morgan fingerprint density at radius 2 is 1.87 bits per heavy atom. The molecule has 3 aliphatic rings. The topological polar surface area (TPSA) is 79.3 Å². The number of rotatable bonds is 2. The van der Waals surface area contributed by atoms with Gasteiger partial charge < -0.3 is 28.8 Å². The first kappa shape index (κ1) is 15.9. The van der Waals surface area contributed by atoms with Crippen LogP contribution in [-0.2, 0) is 29.5 Å². The zero-order chi connectivity index (χ0) is 16.5. The number of hydrogen-bond donors (Lipinski definition) is 1. The minimum Gasteiger partial charge on any atom is -0.358 e. The van der Waals surface area contributed by atoms with Crippen LogP contribution in [0.15, 0.2) is 11.6 Å². The molecule has 0 bridgehead atoms. The molecule has 8 heteroatoms. The summed E-state index contributed by atoms with van der Waals surface area (Å²) in [6, 6.07) is 0. The lowest BCUT2D eigenvalue weighted by atomic mass is 10.0. The molecule has 23 heavy (non-hydrogen) atoms. The average Bonchev–Trinajstić information content (AvgIpc) is 3.16. The van der Waals surface area contributed by atoms with E-state index >= 15 is 0 Å². The molecule has 7 nitrogen and oxygen atoms in total. The van der Waals surface area contributed by atoms with E-state index in [1.54, 1.807) is 11.6 Å². The maximum absolute atomic E-state index is 11.1. The number of aliphatic hydroxyl groups is 1. The van der Waals surface area contributed by atoms with Crippen LogP contribution >= 0.6 is 11.3 Å². The van der Waals surface area contributed by atoms with E-state index in [0.717, 1.165) is 0 Å². The fourth-order valence-corrected chi connectivity index (χ4v) is 4.12. The molecule has 1 aromatic heterocycles. The predicted octanol–water partition coefficient (Wildman–Crippen LogP) is 1.36. The molecule has 4 heterocycles. The van der Waals surface area contributed by atoms with Crippen molar-refractivity contribution in [3.8, 4) is 0 Å². The molecular weight excluding hydrogens is 322 g/mol. The first-order valence-corrected chi connectivity index (χ1v) is 8.56. The number of ether oxygens (including phenoxy) is 5. The molecule has 1 aromatic rings. The van der Waals surface area contributed by atoms with E-state index in [4.69, 9.17) is 23.7 Å². The van der Waals surface area contributed by atoms with Gasteiger partial charge in [0, 0.05) is 11.6 Å². The monoisotopic (exact) mass is 343 g/mol. The largest absolute Gasteiger partial charge is 0.358 e. The molecule has 5 atom stereocenters. The van der Waals surface area contributed by atoms with E-state index in [1.165, 1.54) is 11.3 Å². The molecule has 0 saturated carbocycles. The van der Waals surface area contributed by atoms with Crippen LogP contribution in [0.3, 0.4) is 0 Å². The lowest BCUT2D eigenvalue weighted by Crippen LogP contribution is -2.41. The molecule has 1 N–H and O–H groups in total. The second kappa shape index (κ2) is 4.95. The van der Waals surface area contributed by atoms with Crippen LogP contribution in [-0.4, -0.2) is 52.7 Å². The number of fused-ring (bicyclic) bond motifs is 1. The lowest BCUT2D eigenvalue weighted by Gasteiger charge is -2.29. The van der Waals surface area contributed by atoms with E-state index < -0.39 is 35.7 Å². The maximum atomic E-state index is 11.1. The van der Waals surface area contributed by atoms with Crippen LogP contribution in [0.4, 0.5) is 0 Å². The van der Waals surface area contributed by atoms with Crippen LogP contribution < -0.4 is 0 Å². The number of nitrogens with zero attached hydrogens (tertiary/aromatic N) is 1. The van der Waals surface area contributed by atoms with Gasteiger partial charge in [0.15, 0.2) is 22.7 Å². The summed E-state index contributed by atoms with van der Waals surface area (Å²) in [7, 11) is 0. The standard InChI is InChI=1S/C15H21NO6S/c1-13(2)18-7-8(19-13)9-10-11(22-14(3,4)20-10)15(17,21-9)12-16-5-6-23-12/h5-6,8-11,17H,7H2,1-4H3/t8-,9-,10+,11+,15-/m1/s1. The molecule has 0 spiro atoms. The van der Waals surface area contributed by atoms with Gasteiger partial charge in [0.25, 0.3) is 0 Å². The second-order valence-electron chi connectivity index (χ2n) is 7.00. The minimum atomic E-state index is -1.65. The van der Waals surface area contributed by atoms with Crippen molar-refractivity contribution in [1.29, 1.82) is 0 Å². The van der Waals surface area contributed by atoms with Crippen molar-refractivity contribution in [2.45, 2.75) is 69.5 Å². The van der Waals surface area contributed by atoms with Gasteiger partial charge >= 0.3 is 0 Å². The molecule has 0 aromatic carbocycles. The molecule has 0 unspecified atom stereocenters. The minimum absolute atomic E-state index is 0.344. The first-order valence-electron chi connectivity index (χ1n) is 7.68. The van der Waals surface area contributed by atoms with Gasteiger partial charge in [-0.15, -0.1) is 11.3 Å². The third-order valence-electron chi connectivity index (χ3n) is 4.29. The highest BCUT2D eigenvalue weighted by Crippen LogP contribution is 2.50. The number of hydrogen-bond acceptors (Lipinski definition) is 8. The summed E-state index contributed by atoms with van der Waals surface area (Å²) in [5.74, 6) is -3.13. The average molecular weight is 343 g/mol. The molecule has 0 aliphatic carbocycles. The van der Waals surface area contributed by atoms with Crippen molar-refractivity contribution in [3.05, 3.63) is 16.6 Å². The van der Waals surface area contributed by atoms with Gasteiger partial charge in [0.2, 0.25) is 5.79 Å². The quantitative estimate of drug-likeness (QED) is 0.868. The van der Waals surface area contributed by atoms with E-state index in [9.17, 15) is 5.11 Å². The summed E-state index contributed by atoms with van der Waals surface area (Å²) in [6.45, 7) is 7.71. The smallest absolute Gasteiger partial charge is 0.250 e. The van der Waals surface area contributed by atoms with E-state index in [2.05, 4.69) is 4.98 Å². The Bertz CT molecular complexity index is 591. The lowest BCUT2D eigenvalue weighted by molar-refractivity contribution is -0.291. The van der Waals surface area contributed by atoms with Crippen molar-refractivity contribution < 1.29 is 28.8 Å². The Kier molecular flexibility index (Phi) is 3.42. The zero-order valence-corrected chi connectivity index (χ0v) is 14.3. The summed E-state index contributed by atoms with van der Waals surface area (Å²) in [4.78, 5) is 4.20. The predicted molar refractivity (Wildman–Crippen MR) is 79.6 cm³/mol. The molecule has 4 rings (SSSR count). The Labute approximate surface area is 138 Å². The highest BCUT2D eigenvalue weighted by atomic mass is 32.1. The second-order valence-corrected chi connectivity index (χ2v) is 7.90. The molecule has 3 saturated heterocycles. The van der Waals surface area contributed by atoms with Gasteiger partial charge in [-0.1, -0.05) is 0 Å². The van der Waals surface area contributed by atoms with Crippen molar-refractivity contribution in [2.75, 3.05) is 6.61 Å². The number of thiazole rings is 1. The molecule has 0 amide bonds. The van der Waals surface area contributed by atoms with Crippen molar-refractivity contribution in [1.82, 2.24) is 4.98 Å². The molecule has 3 aliphatic heterocycles. The Morgan fingerprint density at radius 3 is 2.48 bits per heavy atom. The normalized spacial score (nSPS) is 44.6. The first-order chi connectivity index (χ1) is 10.7. The number of aromatic nitrogens is 1. The van der Waals surface area contributed by atoms with Gasteiger partial charge in [0.1, 0.15) is 18.3 Å². The molecule has 3 fully saturated rings. The zero-order valence-electron chi connectivity index (χ0n) is 13.5. The van der Waals surface area contributed by atoms with Gasteiger partial charge in [-0.3, -0.25) is 0 Å². The van der Waals surface area contributed by atoms with Crippen LogP contribution in [0.1, 0.15) is 32.7 Å². The molecular formula is C15H21NO6S. The van der Waals surface area contributed by atoms with Crippen LogP contribution in [0, 0.1) is 0 Å². The molecule has 128 valence electrons. The van der Waals surface area contributed by atoms with Gasteiger partial charge in [0.05, 0.1) is 6.61 Å². The van der Waals surface area contributed by atoms with Crippen molar-refractivity contribution in [2.24, 2.45) is 0 Å². The van der Waals surface area contributed by atoms with E-state index in [-0.39, 0.29) is 6.10 Å².